The number of nitrogens with zero attached hydrogens (tertiary/aromatic N) is 4. The molecule has 0 bridgehead atoms. The van der Waals surface area contributed by atoms with E-state index in [0.29, 0.717) is 16.7 Å². The van der Waals surface area contributed by atoms with Crippen LogP contribution in [0.5, 0.6) is 0 Å². The molecule has 0 unspecified atom stereocenters. The Balaban J connectivity index is 1.61. The SMILES string of the molecule is O=C(NC1CC1)c1nn(-c2cccc(C#Cc3cccnc3)c2)c2ncccc2c1=O. The molecule has 1 aliphatic carbocycles. The minimum Gasteiger partial charge on any atom is -0.348 e. The Bertz CT molecular complexity index is 1410. The molecule has 31 heavy (non-hydrogen) atoms. The lowest BCUT2D eigenvalue weighted by molar-refractivity contribution is 0.0943. The number of hydrogen-bond donors (Lipinski definition) is 1. The summed E-state index contributed by atoms with van der Waals surface area (Å²) in [5, 5.41) is 7.56. The van der Waals surface area contributed by atoms with Crippen molar-refractivity contribution in [3.8, 4) is 17.5 Å². The highest BCUT2D eigenvalue weighted by molar-refractivity contribution is 5.95. The number of carbonyl (C=O) groups is 1. The number of fused-ring (bicyclic) bond motifs is 1. The Morgan fingerprint density at radius 3 is 2.65 bits per heavy atom. The van der Waals surface area contributed by atoms with E-state index in [-0.39, 0.29) is 11.7 Å². The average Bonchev–Trinajstić information content (AvgIpc) is 3.63. The largest absolute Gasteiger partial charge is 0.348 e. The number of aromatic nitrogens is 4. The van der Waals surface area contributed by atoms with Gasteiger partial charge >= 0.3 is 0 Å². The van der Waals surface area contributed by atoms with Gasteiger partial charge in [0.2, 0.25) is 5.43 Å². The molecular weight excluding hydrogens is 390 g/mol. The van der Waals surface area contributed by atoms with E-state index in [0.717, 1.165) is 24.0 Å². The number of nitrogens with one attached hydrogen (secondary N) is 1. The van der Waals surface area contributed by atoms with Gasteiger partial charge in [0.15, 0.2) is 11.3 Å². The van der Waals surface area contributed by atoms with Crippen molar-refractivity contribution in [1.82, 2.24) is 25.1 Å². The summed E-state index contributed by atoms with van der Waals surface area (Å²) in [5.74, 6) is 5.72. The van der Waals surface area contributed by atoms with E-state index in [9.17, 15) is 9.59 Å². The molecule has 1 fully saturated rings. The predicted octanol–water partition coefficient (Wildman–Crippen LogP) is 2.47. The van der Waals surface area contributed by atoms with Crippen LogP contribution < -0.4 is 10.7 Å². The maximum Gasteiger partial charge on any atom is 0.276 e. The molecule has 0 atom stereocenters. The summed E-state index contributed by atoms with van der Waals surface area (Å²) in [7, 11) is 0. The molecule has 3 heterocycles. The van der Waals surface area contributed by atoms with Crippen LogP contribution >= 0.6 is 0 Å². The molecule has 0 spiro atoms. The zero-order chi connectivity index (χ0) is 21.2. The third kappa shape index (κ3) is 3.91. The van der Waals surface area contributed by atoms with Crippen molar-refractivity contribution in [2.75, 3.05) is 0 Å². The molecule has 0 aliphatic heterocycles. The van der Waals surface area contributed by atoms with E-state index in [4.69, 9.17) is 0 Å². The zero-order valence-electron chi connectivity index (χ0n) is 16.4. The second-order valence-electron chi connectivity index (χ2n) is 7.25. The number of benzene rings is 1. The van der Waals surface area contributed by atoms with E-state index in [1.54, 1.807) is 30.7 Å². The van der Waals surface area contributed by atoms with E-state index < -0.39 is 11.3 Å². The molecule has 1 N–H and O–H groups in total. The van der Waals surface area contributed by atoms with Gasteiger partial charge < -0.3 is 5.32 Å². The smallest absolute Gasteiger partial charge is 0.276 e. The van der Waals surface area contributed by atoms with Crippen LogP contribution in [0.2, 0.25) is 0 Å². The maximum atomic E-state index is 12.9. The Morgan fingerprint density at radius 1 is 1.03 bits per heavy atom. The van der Waals surface area contributed by atoms with Gasteiger partial charge in [0.25, 0.3) is 5.91 Å². The first-order chi connectivity index (χ1) is 15.2. The molecule has 1 aliphatic rings. The van der Waals surface area contributed by atoms with Gasteiger partial charge in [-0.15, -0.1) is 0 Å². The first-order valence-electron chi connectivity index (χ1n) is 9.90. The zero-order valence-corrected chi connectivity index (χ0v) is 16.4. The number of carbonyl (C=O) groups excluding carboxylic acids is 1. The second kappa shape index (κ2) is 7.84. The third-order valence-corrected chi connectivity index (χ3v) is 4.88. The molecule has 7 nitrogen and oxygen atoms in total. The molecule has 7 heteroatoms. The van der Waals surface area contributed by atoms with E-state index >= 15 is 0 Å². The predicted molar refractivity (Wildman–Crippen MR) is 116 cm³/mol. The van der Waals surface area contributed by atoms with Crippen LogP contribution in [0.25, 0.3) is 16.7 Å². The first-order valence-corrected chi connectivity index (χ1v) is 9.90. The molecule has 5 rings (SSSR count). The number of amides is 1. The Hall–Kier alpha value is -4.31. The summed E-state index contributed by atoms with van der Waals surface area (Å²) in [5.41, 5.74) is 2.04. The van der Waals surface area contributed by atoms with Crippen LogP contribution in [0.1, 0.15) is 34.5 Å². The molecule has 0 radical (unpaired) electrons. The Morgan fingerprint density at radius 2 is 1.84 bits per heavy atom. The van der Waals surface area contributed by atoms with E-state index in [2.05, 4.69) is 32.2 Å². The topological polar surface area (TPSA) is 89.8 Å². The van der Waals surface area contributed by atoms with Crippen LogP contribution in [0.4, 0.5) is 0 Å². The molecule has 3 aromatic heterocycles. The second-order valence-corrected chi connectivity index (χ2v) is 7.25. The van der Waals surface area contributed by atoms with E-state index in [1.807, 2.05) is 36.4 Å². The van der Waals surface area contributed by atoms with Crippen LogP contribution in [0.15, 0.2) is 71.9 Å². The Kier molecular flexibility index (Phi) is 4.73. The van der Waals surface area contributed by atoms with Crippen molar-refractivity contribution in [2.45, 2.75) is 18.9 Å². The highest BCUT2D eigenvalue weighted by Gasteiger charge is 2.27. The van der Waals surface area contributed by atoms with Crippen molar-refractivity contribution < 1.29 is 4.79 Å². The minimum atomic E-state index is -0.459. The molecule has 1 amide bonds. The van der Waals surface area contributed by atoms with E-state index in [1.165, 1.54) is 4.68 Å². The highest BCUT2D eigenvalue weighted by atomic mass is 16.2. The molecular formula is C24H17N5O2. The van der Waals surface area contributed by atoms with Crippen LogP contribution in [-0.4, -0.2) is 31.7 Å². The van der Waals surface area contributed by atoms with Gasteiger partial charge in [0.05, 0.1) is 11.1 Å². The summed E-state index contributed by atoms with van der Waals surface area (Å²) < 4.78 is 1.52. The van der Waals surface area contributed by atoms with Gasteiger partial charge in [-0.1, -0.05) is 17.9 Å². The van der Waals surface area contributed by atoms with Gasteiger partial charge in [-0.2, -0.15) is 5.10 Å². The van der Waals surface area contributed by atoms with Crippen LogP contribution in [-0.2, 0) is 0 Å². The summed E-state index contributed by atoms with van der Waals surface area (Å²) >= 11 is 0. The quantitative estimate of drug-likeness (QED) is 0.527. The molecule has 150 valence electrons. The molecule has 4 aromatic rings. The standard InChI is InChI=1S/C24H17N5O2/c30-22-20-7-3-13-26-23(20)29(28-21(22)24(31)27-18-10-11-18)19-6-1-4-16(14-19)8-9-17-5-2-12-25-15-17/h1-7,12-15,18H,10-11H2,(H,27,31). The summed E-state index contributed by atoms with van der Waals surface area (Å²) in [6, 6.07) is 14.6. The van der Waals surface area contributed by atoms with Gasteiger partial charge in [-0.05, 0) is 55.3 Å². The van der Waals surface area contributed by atoms with Crippen molar-refractivity contribution in [2.24, 2.45) is 0 Å². The van der Waals surface area contributed by atoms with Gasteiger partial charge in [-0.3, -0.25) is 14.6 Å². The summed E-state index contributed by atoms with van der Waals surface area (Å²) in [4.78, 5) is 33.9. The van der Waals surface area contributed by atoms with Crippen molar-refractivity contribution in [3.63, 3.8) is 0 Å². The lowest BCUT2D eigenvalue weighted by atomic mass is 10.1. The Labute approximate surface area is 177 Å². The normalized spacial score (nSPS) is 12.8. The lowest BCUT2D eigenvalue weighted by Gasteiger charge is -2.11. The molecule has 1 saturated carbocycles. The fourth-order valence-corrected chi connectivity index (χ4v) is 3.17. The van der Waals surface area contributed by atoms with Crippen molar-refractivity contribution >= 4 is 16.9 Å². The lowest BCUT2D eigenvalue weighted by Crippen LogP contribution is -2.33. The highest BCUT2D eigenvalue weighted by Crippen LogP contribution is 2.19. The van der Waals surface area contributed by atoms with Gasteiger partial charge in [-0.25, -0.2) is 9.67 Å². The number of hydrogen-bond acceptors (Lipinski definition) is 5. The van der Waals surface area contributed by atoms with Gasteiger partial charge in [0, 0.05) is 35.8 Å². The minimum absolute atomic E-state index is 0.123. The molecule has 1 aromatic carbocycles. The summed E-state index contributed by atoms with van der Waals surface area (Å²) in [6.07, 6.45) is 6.83. The number of pyridine rings is 2. The third-order valence-electron chi connectivity index (χ3n) is 4.88. The fraction of sp³-hybridized carbons (Fsp3) is 0.125. The average molecular weight is 407 g/mol. The van der Waals surface area contributed by atoms with Gasteiger partial charge in [0.1, 0.15) is 0 Å². The van der Waals surface area contributed by atoms with Crippen LogP contribution in [0, 0.1) is 11.8 Å². The fourth-order valence-electron chi connectivity index (χ4n) is 3.17. The van der Waals surface area contributed by atoms with Crippen LogP contribution in [0.3, 0.4) is 0 Å². The van der Waals surface area contributed by atoms with Crippen molar-refractivity contribution in [1.29, 1.82) is 0 Å². The number of rotatable bonds is 3. The maximum absolute atomic E-state index is 12.9. The molecule has 0 saturated heterocycles. The summed E-state index contributed by atoms with van der Waals surface area (Å²) in [6.45, 7) is 0. The first kappa shape index (κ1) is 18.7. The van der Waals surface area contributed by atoms with Crippen molar-refractivity contribution in [3.05, 3.63) is 94.2 Å². The monoisotopic (exact) mass is 407 g/mol.